The molecule has 0 saturated carbocycles. The first-order valence-corrected chi connectivity index (χ1v) is 5.83. The summed E-state index contributed by atoms with van der Waals surface area (Å²) in [4.78, 5) is 0. The first-order chi connectivity index (χ1) is 7.15. The lowest BCUT2D eigenvalue weighted by atomic mass is 10.3. The van der Waals surface area contributed by atoms with Crippen molar-refractivity contribution in [3.8, 4) is 0 Å². The van der Waals surface area contributed by atoms with Crippen molar-refractivity contribution in [3.05, 3.63) is 39.9 Å². The molecular formula is C10H8BrFN2S. The number of hydrogen-bond acceptors (Lipinski definition) is 3. The minimum absolute atomic E-state index is 0.160. The lowest BCUT2D eigenvalue weighted by Gasteiger charge is -2.04. The van der Waals surface area contributed by atoms with E-state index in [-0.39, 0.29) is 5.69 Å². The number of halogens is 2. The Labute approximate surface area is 99.1 Å². The number of nitrogens with two attached hydrogens (primary N) is 1. The molecule has 5 heteroatoms. The van der Waals surface area contributed by atoms with Gasteiger partial charge in [0.2, 0.25) is 0 Å². The van der Waals surface area contributed by atoms with E-state index in [9.17, 15) is 4.39 Å². The van der Waals surface area contributed by atoms with Crippen molar-refractivity contribution in [2.45, 2.75) is 0 Å². The molecule has 0 fully saturated rings. The van der Waals surface area contributed by atoms with Gasteiger partial charge in [-0.2, -0.15) is 0 Å². The van der Waals surface area contributed by atoms with Gasteiger partial charge >= 0.3 is 0 Å². The summed E-state index contributed by atoms with van der Waals surface area (Å²) >= 11 is 4.90. The Hall–Kier alpha value is -1.07. The molecule has 15 heavy (non-hydrogen) atoms. The Morgan fingerprint density at radius 1 is 1.27 bits per heavy atom. The van der Waals surface area contributed by atoms with Gasteiger partial charge in [0.15, 0.2) is 0 Å². The maximum Gasteiger partial charge on any atom is 0.148 e. The van der Waals surface area contributed by atoms with Crippen LogP contribution >= 0.6 is 27.3 Å². The van der Waals surface area contributed by atoms with Crippen molar-refractivity contribution in [2.75, 3.05) is 11.1 Å². The van der Waals surface area contributed by atoms with Crippen LogP contribution in [0.4, 0.5) is 20.8 Å². The molecule has 2 aromatic rings. The van der Waals surface area contributed by atoms with Crippen LogP contribution in [0.2, 0.25) is 0 Å². The maximum atomic E-state index is 13.1. The van der Waals surface area contributed by atoms with Gasteiger partial charge in [0.1, 0.15) is 5.82 Å². The van der Waals surface area contributed by atoms with E-state index in [1.54, 1.807) is 23.5 Å². The molecular weight excluding hydrogens is 279 g/mol. The van der Waals surface area contributed by atoms with Crippen molar-refractivity contribution in [2.24, 2.45) is 0 Å². The Balaban J connectivity index is 2.21. The van der Waals surface area contributed by atoms with Crippen molar-refractivity contribution in [1.29, 1.82) is 0 Å². The SMILES string of the molecule is Nc1ccc(Nc2ccc(Br)s2)cc1F. The zero-order valence-corrected chi connectivity index (χ0v) is 10.0. The number of thiophene rings is 1. The summed E-state index contributed by atoms with van der Waals surface area (Å²) in [5, 5.41) is 4.04. The second kappa shape index (κ2) is 4.20. The lowest BCUT2D eigenvalue weighted by molar-refractivity contribution is 0.633. The number of anilines is 3. The normalized spacial score (nSPS) is 10.3. The molecule has 0 radical (unpaired) electrons. The average molecular weight is 287 g/mol. The van der Waals surface area contributed by atoms with Crippen LogP contribution in [0.1, 0.15) is 0 Å². The molecule has 2 rings (SSSR count). The van der Waals surface area contributed by atoms with Crippen molar-refractivity contribution >= 4 is 43.6 Å². The Kier molecular flexibility index (Phi) is 2.93. The molecule has 0 spiro atoms. The smallest absolute Gasteiger partial charge is 0.148 e. The van der Waals surface area contributed by atoms with Gasteiger partial charge in [-0.15, -0.1) is 11.3 Å². The van der Waals surface area contributed by atoms with Crippen LogP contribution in [-0.2, 0) is 0 Å². The average Bonchev–Trinajstić information content (AvgIpc) is 2.58. The summed E-state index contributed by atoms with van der Waals surface area (Å²) in [6, 6.07) is 8.51. The van der Waals surface area contributed by atoms with Gasteiger partial charge in [0.25, 0.3) is 0 Å². The highest BCUT2D eigenvalue weighted by Crippen LogP contribution is 2.29. The zero-order valence-electron chi connectivity index (χ0n) is 7.63. The van der Waals surface area contributed by atoms with E-state index in [1.165, 1.54) is 6.07 Å². The standard InChI is InChI=1S/C10H8BrFN2S/c11-9-3-4-10(15-9)14-6-1-2-8(13)7(12)5-6/h1-5,14H,13H2. The Bertz CT molecular complexity index is 484. The number of nitrogens with one attached hydrogen (secondary N) is 1. The molecule has 1 aromatic carbocycles. The predicted molar refractivity (Wildman–Crippen MR) is 66.1 cm³/mol. The summed E-state index contributed by atoms with van der Waals surface area (Å²) < 4.78 is 14.1. The van der Waals surface area contributed by atoms with Crippen LogP contribution < -0.4 is 11.1 Å². The van der Waals surface area contributed by atoms with Gasteiger partial charge in [-0.1, -0.05) is 0 Å². The quantitative estimate of drug-likeness (QED) is 0.820. The van der Waals surface area contributed by atoms with E-state index < -0.39 is 5.82 Å². The van der Waals surface area contributed by atoms with Gasteiger partial charge in [0, 0.05) is 5.69 Å². The van der Waals surface area contributed by atoms with E-state index in [2.05, 4.69) is 21.2 Å². The van der Waals surface area contributed by atoms with Crippen LogP contribution in [0.3, 0.4) is 0 Å². The highest BCUT2D eigenvalue weighted by atomic mass is 79.9. The summed E-state index contributed by atoms with van der Waals surface area (Å²) in [7, 11) is 0. The molecule has 1 heterocycles. The molecule has 2 nitrogen and oxygen atoms in total. The third kappa shape index (κ3) is 2.49. The first kappa shape index (κ1) is 10.4. The highest BCUT2D eigenvalue weighted by molar-refractivity contribution is 9.11. The van der Waals surface area contributed by atoms with E-state index in [0.717, 1.165) is 8.79 Å². The molecule has 1 aromatic heterocycles. The fraction of sp³-hybridized carbons (Fsp3) is 0. The third-order valence-corrected chi connectivity index (χ3v) is 3.38. The number of benzene rings is 1. The predicted octanol–water partition coefficient (Wildman–Crippen LogP) is 3.98. The first-order valence-electron chi connectivity index (χ1n) is 4.22. The van der Waals surface area contributed by atoms with Gasteiger partial charge in [-0.05, 0) is 46.3 Å². The van der Waals surface area contributed by atoms with E-state index in [4.69, 9.17) is 5.73 Å². The monoisotopic (exact) mass is 286 g/mol. The van der Waals surface area contributed by atoms with E-state index in [1.807, 2.05) is 12.1 Å². The molecule has 0 atom stereocenters. The number of nitrogen functional groups attached to an aromatic ring is 1. The molecule has 0 saturated heterocycles. The Morgan fingerprint density at radius 3 is 2.67 bits per heavy atom. The molecule has 0 aliphatic rings. The molecule has 0 unspecified atom stereocenters. The largest absolute Gasteiger partial charge is 0.396 e. The third-order valence-electron chi connectivity index (χ3n) is 1.84. The summed E-state index contributed by atoms with van der Waals surface area (Å²) in [5.74, 6) is -0.407. The number of rotatable bonds is 2. The van der Waals surface area contributed by atoms with Gasteiger partial charge in [-0.25, -0.2) is 4.39 Å². The summed E-state index contributed by atoms with van der Waals surface area (Å²) in [6.45, 7) is 0. The van der Waals surface area contributed by atoms with Crippen LogP contribution in [0.25, 0.3) is 0 Å². The molecule has 0 amide bonds. The van der Waals surface area contributed by atoms with Gasteiger partial charge in [-0.3, -0.25) is 0 Å². The van der Waals surface area contributed by atoms with E-state index in [0.29, 0.717) is 5.69 Å². The molecule has 0 aliphatic heterocycles. The minimum atomic E-state index is -0.407. The molecule has 78 valence electrons. The van der Waals surface area contributed by atoms with Crippen molar-refractivity contribution in [1.82, 2.24) is 0 Å². The van der Waals surface area contributed by atoms with Crippen LogP contribution in [-0.4, -0.2) is 0 Å². The fourth-order valence-corrected chi connectivity index (χ4v) is 2.44. The number of hydrogen-bond donors (Lipinski definition) is 2. The second-order valence-electron chi connectivity index (χ2n) is 2.97. The fourth-order valence-electron chi connectivity index (χ4n) is 1.13. The highest BCUT2D eigenvalue weighted by Gasteiger charge is 2.01. The van der Waals surface area contributed by atoms with Crippen LogP contribution in [0.15, 0.2) is 34.1 Å². The minimum Gasteiger partial charge on any atom is -0.396 e. The van der Waals surface area contributed by atoms with Crippen LogP contribution in [0.5, 0.6) is 0 Å². The molecule has 0 aliphatic carbocycles. The topological polar surface area (TPSA) is 38.0 Å². The van der Waals surface area contributed by atoms with Gasteiger partial charge < -0.3 is 11.1 Å². The van der Waals surface area contributed by atoms with E-state index >= 15 is 0 Å². The summed E-state index contributed by atoms with van der Waals surface area (Å²) in [6.07, 6.45) is 0. The van der Waals surface area contributed by atoms with Gasteiger partial charge in [0.05, 0.1) is 14.5 Å². The zero-order chi connectivity index (χ0) is 10.8. The molecule has 3 N–H and O–H groups in total. The maximum absolute atomic E-state index is 13.1. The van der Waals surface area contributed by atoms with Crippen LogP contribution in [0, 0.1) is 5.82 Å². The molecule has 0 bridgehead atoms. The summed E-state index contributed by atoms with van der Waals surface area (Å²) in [5.41, 5.74) is 6.23. The van der Waals surface area contributed by atoms with Crippen molar-refractivity contribution < 1.29 is 4.39 Å². The van der Waals surface area contributed by atoms with Crippen molar-refractivity contribution in [3.63, 3.8) is 0 Å². The Morgan fingerprint density at radius 2 is 2.07 bits per heavy atom. The lowest BCUT2D eigenvalue weighted by Crippen LogP contribution is -1.93. The second-order valence-corrected chi connectivity index (χ2v) is 5.43.